The van der Waals surface area contributed by atoms with E-state index in [-0.39, 0.29) is 0 Å². The van der Waals surface area contributed by atoms with Gasteiger partial charge in [0.15, 0.2) is 0 Å². The Balaban J connectivity index is 1.88. The third kappa shape index (κ3) is 2.71. The molecule has 2 heterocycles. The maximum atomic E-state index is 5.00. The van der Waals surface area contributed by atoms with Crippen molar-refractivity contribution in [2.75, 3.05) is 20.3 Å². The summed E-state index contributed by atoms with van der Waals surface area (Å²) in [6.07, 6.45) is 5.12. The molecule has 0 fully saturated rings. The van der Waals surface area contributed by atoms with Crippen LogP contribution < -0.4 is 5.32 Å². The number of hydrogen-bond acceptors (Lipinski definition) is 4. The average Bonchev–Trinajstić information content (AvgIpc) is 2.94. The van der Waals surface area contributed by atoms with Crippen LogP contribution in [0.5, 0.6) is 0 Å². The number of H-pyrrole nitrogens is 1. The van der Waals surface area contributed by atoms with Gasteiger partial charge in [0.2, 0.25) is 0 Å². The summed E-state index contributed by atoms with van der Waals surface area (Å²) in [5.74, 6) is 0.831. The van der Waals surface area contributed by atoms with Crippen molar-refractivity contribution < 1.29 is 9.15 Å². The Bertz CT molecular complexity index is 409. The van der Waals surface area contributed by atoms with Crippen LogP contribution in [0, 0.1) is 0 Å². The van der Waals surface area contributed by atoms with Crippen LogP contribution in [-0.2, 0) is 11.3 Å². The van der Waals surface area contributed by atoms with Crippen molar-refractivity contribution in [1.82, 2.24) is 15.3 Å². The lowest BCUT2D eigenvalue weighted by Gasteiger charge is -2.00. The number of furan rings is 1. The van der Waals surface area contributed by atoms with Gasteiger partial charge >= 0.3 is 0 Å². The van der Waals surface area contributed by atoms with E-state index >= 15 is 0 Å². The maximum Gasteiger partial charge on any atom is 0.140 e. The molecule has 0 aliphatic rings. The van der Waals surface area contributed by atoms with Crippen molar-refractivity contribution in [2.24, 2.45) is 0 Å². The summed E-state index contributed by atoms with van der Waals surface area (Å²) >= 11 is 0. The lowest BCUT2D eigenvalue weighted by atomic mass is 10.3. The molecule has 86 valence electrons. The number of hydrogen-bond donors (Lipinski definition) is 2. The second-order valence-corrected chi connectivity index (χ2v) is 3.44. The van der Waals surface area contributed by atoms with Crippen LogP contribution in [0.1, 0.15) is 5.69 Å². The highest BCUT2D eigenvalue weighted by Gasteiger charge is 2.03. The summed E-state index contributed by atoms with van der Waals surface area (Å²) in [6.45, 7) is 2.30. The van der Waals surface area contributed by atoms with Gasteiger partial charge in [-0.3, -0.25) is 0 Å². The van der Waals surface area contributed by atoms with Gasteiger partial charge in [0.25, 0.3) is 0 Å². The molecule has 16 heavy (non-hydrogen) atoms. The third-order valence-corrected chi connectivity index (χ3v) is 2.22. The number of rotatable bonds is 6. The highest BCUT2D eigenvalue weighted by atomic mass is 16.5. The van der Waals surface area contributed by atoms with Crippen molar-refractivity contribution in [3.8, 4) is 11.4 Å². The largest absolute Gasteiger partial charge is 0.472 e. The monoisotopic (exact) mass is 221 g/mol. The molecule has 0 spiro atoms. The highest BCUT2D eigenvalue weighted by Crippen LogP contribution is 2.15. The van der Waals surface area contributed by atoms with E-state index in [4.69, 9.17) is 9.15 Å². The maximum absolute atomic E-state index is 5.00. The van der Waals surface area contributed by atoms with Crippen LogP contribution in [0.4, 0.5) is 0 Å². The van der Waals surface area contributed by atoms with Crippen LogP contribution in [0.15, 0.2) is 29.2 Å². The lowest BCUT2D eigenvalue weighted by molar-refractivity contribution is 0.199. The Kier molecular flexibility index (Phi) is 3.74. The molecular weight excluding hydrogens is 206 g/mol. The quantitative estimate of drug-likeness (QED) is 0.724. The van der Waals surface area contributed by atoms with E-state index in [0.717, 1.165) is 30.2 Å². The molecule has 2 rings (SSSR count). The minimum absolute atomic E-state index is 0.711. The summed E-state index contributed by atoms with van der Waals surface area (Å²) in [5.41, 5.74) is 2.01. The first-order valence-electron chi connectivity index (χ1n) is 5.16. The van der Waals surface area contributed by atoms with Crippen molar-refractivity contribution >= 4 is 0 Å². The molecule has 0 aliphatic carbocycles. The fraction of sp³-hybridized carbons (Fsp3) is 0.364. The molecule has 5 nitrogen and oxygen atoms in total. The Morgan fingerprint density at radius 3 is 3.25 bits per heavy atom. The number of ether oxygens (including phenoxy) is 1. The molecule has 0 radical (unpaired) electrons. The van der Waals surface area contributed by atoms with E-state index in [2.05, 4.69) is 15.3 Å². The fourth-order valence-corrected chi connectivity index (χ4v) is 1.39. The van der Waals surface area contributed by atoms with E-state index < -0.39 is 0 Å². The second-order valence-electron chi connectivity index (χ2n) is 3.44. The number of aromatic amines is 1. The number of nitrogens with one attached hydrogen (secondary N) is 2. The first-order chi connectivity index (χ1) is 7.90. The van der Waals surface area contributed by atoms with E-state index in [1.807, 2.05) is 12.3 Å². The normalized spacial score (nSPS) is 10.8. The van der Waals surface area contributed by atoms with Crippen molar-refractivity contribution in [3.05, 3.63) is 30.5 Å². The van der Waals surface area contributed by atoms with E-state index in [1.54, 1.807) is 19.6 Å². The summed E-state index contributed by atoms with van der Waals surface area (Å²) in [6, 6.07) is 1.88. The summed E-state index contributed by atoms with van der Waals surface area (Å²) in [5, 5.41) is 3.24. The van der Waals surface area contributed by atoms with E-state index in [1.165, 1.54) is 0 Å². The molecule has 2 aromatic heterocycles. The van der Waals surface area contributed by atoms with Crippen LogP contribution in [-0.4, -0.2) is 30.2 Å². The van der Waals surface area contributed by atoms with Crippen LogP contribution in [0.2, 0.25) is 0 Å². The first kappa shape index (κ1) is 10.9. The molecule has 0 amide bonds. The highest BCUT2D eigenvalue weighted by molar-refractivity contribution is 5.52. The van der Waals surface area contributed by atoms with Gasteiger partial charge in [-0.2, -0.15) is 0 Å². The van der Waals surface area contributed by atoms with Crippen molar-refractivity contribution in [1.29, 1.82) is 0 Å². The molecule has 0 unspecified atom stereocenters. The van der Waals surface area contributed by atoms with Gasteiger partial charge in [0, 0.05) is 32.1 Å². The van der Waals surface area contributed by atoms with Gasteiger partial charge in [-0.15, -0.1) is 0 Å². The first-order valence-corrected chi connectivity index (χ1v) is 5.16. The summed E-state index contributed by atoms with van der Waals surface area (Å²) in [7, 11) is 1.69. The smallest absolute Gasteiger partial charge is 0.140 e. The van der Waals surface area contributed by atoms with E-state index in [9.17, 15) is 0 Å². The van der Waals surface area contributed by atoms with Crippen molar-refractivity contribution in [3.63, 3.8) is 0 Å². The predicted molar refractivity (Wildman–Crippen MR) is 59.9 cm³/mol. The number of imidazole rings is 1. The molecule has 2 aromatic rings. The Labute approximate surface area is 93.8 Å². The number of methoxy groups -OCH3 is 1. The van der Waals surface area contributed by atoms with Crippen LogP contribution in [0.3, 0.4) is 0 Å². The topological polar surface area (TPSA) is 63.1 Å². The van der Waals surface area contributed by atoms with Gasteiger partial charge in [-0.25, -0.2) is 4.98 Å². The molecule has 5 heteroatoms. The zero-order valence-corrected chi connectivity index (χ0v) is 9.19. The molecule has 0 aliphatic heterocycles. The van der Waals surface area contributed by atoms with Gasteiger partial charge in [0.05, 0.1) is 18.4 Å². The lowest BCUT2D eigenvalue weighted by Crippen LogP contribution is -2.18. The van der Waals surface area contributed by atoms with Gasteiger partial charge in [-0.05, 0) is 6.07 Å². The minimum Gasteiger partial charge on any atom is -0.472 e. The molecule has 0 atom stereocenters. The predicted octanol–water partition coefficient (Wildman–Crippen LogP) is 1.41. The summed E-state index contributed by atoms with van der Waals surface area (Å²) in [4.78, 5) is 7.49. The van der Waals surface area contributed by atoms with Crippen LogP contribution in [0.25, 0.3) is 11.4 Å². The third-order valence-electron chi connectivity index (χ3n) is 2.22. The molecule has 0 bridgehead atoms. The molecule has 2 N–H and O–H groups in total. The zero-order valence-electron chi connectivity index (χ0n) is 9.19. The van der Waals surface area contributed by atoms with E-state index in [0.29, 0.717) is 6.61 Å². The molecule has 0 saturated heterocycles. The Hall–Kier alpha value is -1.59. The fourth-order valence-electron chi connectivity index (χ4n) is 1.39. The minimum atomic E-state index is 0.711. The number of aromatic nitrogens is 2. The van der Waals surface area contributed by atoms with Gasteiger partial charge in [0.1, 0.15) is 12.1 Å². The average molecular weight is 221 g/mol. The summed E-state index contributed by atoms with van der Waals surface area (Å²) < 4.78 is 9.94. The standard InChI is InChI=1S/C11H15N3O2/c1-15-5-3-12-6-10-7-13-11(14-10)9-2-4-16-8-9/h2,4,7-8,12H,3,5-6H2,1H3,(H,13,14). The van der Waals surface area contributed by atoms with Crippen LogP contribution >= 0.6 is 0 Å². The second kappa shape index (κ2) is 5.48. The zero-order chi connectivity index (χ0) is 11.2. The SMILES string of the molecule is COCCNCc1cnc(-c2ccoc2)[nH]1. The van der Waals surface area contributed by atoms with Gasteiger partial charge < -0.3 is 19.5 Å². The number of nitrogens with zero attached hydrogens (tertiary/aromatic N) is 1. The molecule has 0 aromatic carbocycles. The Morgan fingerprint density at radius 1 is 1.56 bits per heavy atom. The molecular formula is C11H15N3O2. The van der Waals surface area contributed by atoms with Crippen molar-refractivity contribution in [2.45, 2.75) is 6.54 Å². The molecule has 0 saturated carbocycles. The van der Waals surface area contributed by atoms with Gasteiger partial charge in [-0.1, -0.05) is 0 Å². The Morgan fingerprint density at radius 2 is 2.50 bits per heavy atom.